The van der Waals surface area contributed by atoms with Crippen molar-refractivity contribution in [2.75, 3.05) is 36.5 Å². The van der Waals surface area contributed by atoms with Crippen molar-refractivity contribution in [3.05, 3.63) is 47.7 Å². The van der Waals surface area contributed by atoms with Gasteiger partial charge in [0.05, 0.1) is 25.0 Å². The molecule has 7 heteroatoms. The Hall–Kier alpha value is -3.09. The Morgan fingerprint density at radius 2 is 2.20 bits per heavy atom. The molecule has 2 N–H and O–H groups in total. The highest BCUT2D eigenvalue weighted by molar-refractivity contribution is 6.04. The molecule has 25 heavy (non-hydrogen) atoms. The molecule has 0 unspecified atom stereocenters. The summed E-state index contributed by atoms with van der Waals surface area (Å²) in [6, 6.07) is 9.06. The van der Waals surface area contributed by atoms with Gasteiger partial charge in [-0.15, -0.1) is 0 Å². The van der Waals surface area contributed by atoms with E-state index in [4.69, 9.17) is 4.74 Å². The number of pyridine rings is 1. The predicted octanol–water partition coefficient (Wildman–Crippen LogP) is 1.20. The van der Waals surface area contributed by atoms with Crippen LogP contribution in [0.3, 0.4) is 0 Å². The molecular weight excluding hydrogens is 320 g/mol. The van der Waals surface area contributed by atoms with Gasteiger partial charge in [-0.25, -0.2) is 4.98 Å². The molecule has 7 nitrogen and oxygen atoms in total. The third-order valence-electron chi connectivity index (χ3n) is 4.32. The van der Waals surface area contributed by atoms with Gasteiger partial charge >= 0.3 is 0 Å². The lowest BCUT2D eigenvalue weighted by atomic mass is 10.1. The molecule has 0 bridgehead atoms. The predicted molar refractivity (Wildman–Crippen MR) is 93.1 cm³/mol. The van der Waals surface area contributed by atoms with E-state index in [2.05, 4.69) is 15.6 Å². The third-order valence-corrected chi connectivity index (χ3v) is 4.32. The summed E-state index contributed by atoms with van der Waals surface area (Å²) < 4.78 is 5.46. The molecule has 0 spiro atoms. The number of piperazine rings is 1. The smallest absolute Gasteiger partial charge is 0.255 e. The molecule has 1 saturated heterocycles. The fraction of sp³-hybridized carbons (Fsp3) is 0.278. The van der Waals surface area contributed by atoms with Crippen LogP contribution in [0.25, 0.3) is 0 Å². The lowest BCUT2D eigenvalue weighted by Gasteiger charge is -2.27. The minimum Gasteiger partial charge on any atom is -0.493 e. The highest BCUT2D eigenvalue weighted by Crippen LogP contribution is 2.26. The normalized spacial score (nSPS) is 16.0. The summed E-state index contributed by atoms with van der Waals surface area (Å²) in [5, 5.41) is 5.63. The van der Waals surface area contributed by atoms with Gasteiger partial charge < -0.3 is 20.3 Å². The van der Waals surface area contributed by atoms with Gasteiger partial charge in [-0.1, -0.05) is 0 Å². The zero-order chi connectivity index (χ0) is 17.2. The average Bonchev–Trinajstić information content (AvgIpc) is 3.10. The number of carbonyl (C=O) groups is 2. The summed E-state index contributed by atoms with van der Waals surface area (Å²) in [4.78, 5) is 30.1. The number of amides is 2. The number of anilines is 2. The van der Waals surface area contributed by atoms with Gasteiger partial charge in [0.15, 0.2) is 0 Å². The van der Waals surface area contributed by atoms with Crippen molar-refractivity contribution in [3.63, 3.8) is 0 Å². The van der Waals surface area contributed by atoms with Crippen molar-refractivity contribution >= 4 is 23.3 Å². The number of hydrogen-bond donors (Lipinski definition) is 2. The highest BCUT2D eigenvalue weighted by atomic mass is 16.5. The van der Waals surface area contributed by atoms with Crippen LogP contribution in [0.2, 0.25) is 0 Å². The maximum absolute atomic E-state index is 12.4. The maximum atomic E-state index is 12.4. The summed E-state index contributed by atoms with van der Waals surface area (Å²) in [7, 11) is 0. The molecule has 0 atom stereocenters. The number of fused-ring (bicyclic) bond motifs is 1. The summed E-state index contributed by atoms with van der Waals surface area (Å²) in [6.07, 6.45) is 2.44. The van der Waals surface area contributed by atoms with Crippen LogP contribution in [0.4, 0.5) is 11.5 Å². The van der Waals surface area contributed by atoms with Crippen LogP contribution in [-0.4, -0.2) is 43.0 Å². The first-order chi connectivity index (χ1) is 12.2. The van der Waals surface area contributed by atoms with Gasteiger partial charge in [-0.3, -0.25) is 9.59 Å². The fourth-order valence-electron chi connectivity index (χ4n) is 3.01. The summed E-state index contributed by atoms with van der Waals surface area (Å²) >= 11 is 0. The quantitative estimate of drug-likeness (QED) is 0.879. The highest BCUT2D eigenvalue weighted by Gasteiger charge is 2.18. The van der Waals surface area contributed by atoms with Crippen LogP contribution in [0, 0.1) is 0 Å². The molecule has 2 aliphatic rings. The van der Waals surface area contributed by atoms with Gasteiger partial charge in [-0.2, -0.15) is 0 Å². The van der Waals surface area contributed by atoms with Crippen LogP contribution in [0.1, 0.15) is 15.9 Å². The Bertz CT molecular complexity index is 820. The number of nitrogens with one attached hydrogen (secondary N) is 2. The van der Waals surface area contributed by atoms with E-state index in [0.29, 0.717) is 30.9 Å². The molecule has 4 rings (SSSR count). The zero-order valence-electron chi connectivity index (χ0n) is 13.6. The Morgan fingerprint density at radius 1 is 1.28 bits per heavy atom. The van der Waals surface area contributed by atoms with E-state index >= 15 is 0 Å². The number of carbonyl (C=O) groups excluding carboxylic acids is 2. The SMILES string of the molecule is O=C1CN(c2ccc(NC(=O)c3ccc4c(c3)CCO4)cn2)CCN1. The van der Waals surface area contributed by atoms with E-state index in [-0.39, 0.29) is 11.8 Å². The number of benzene rings is 1. The van der Waals surface area contributed by atoms with E-state index < -0.39 is 0 Å². The molecule has 2 amide bonds. The largest absolute Gasteiger partial charge is 0.493 e. The van der Waals surface area contributed by atoms with Crippen molar-refractivity contribution in [1.82, 2.24) is 10.3 Å². The number of aromatic nitrogens is 1. The first kappa shape index (κ1) is 15.4. The van der Waals surface area contributed by atoms with E-state index in [1.54, 1.807) is 18.3 Å². The molecule has 2 aromatic rings. The molecule has 0 radical (unpaired) electrons. The molecule has 128 valence electrons. The minimum absolute atomic E-state index is 0.00832. The van der Waals surface area contributed by atoms with Gasteiger partial charge in [-0.05, 0) is 35.9 Å². The molecule has 1 aromatic carbocycles. The van der Waals surface area contributed by atoms with Gasteiger partial charge in [0, 0.05) is 25.1 Å². The molecule has 3 heterocycles. The van der Waals surface area contributed by atoms with Crippen molar-refractivity contribution in [1.29, 1.82) is 0 Å². The second-order valence-electron chi connectivity index (χ2n) is 6.05. The van der Waals surface area contributed by atoms with E-state index in [0.717, 1.165) is 30.1 Å². The topological polar surface area (TPSA) is 83.6 Å². The Labute approximate surface area is 145 Å². The van der Waals surface area contributed by atoms with E-state index in [9.17, 15) is 9.59 Å². The average molecular weight is 338 g/mol. The minimum atomic E-state index is -0.179. The van der Waals surface area contributed by atoms with Crippen molar-refractivity contribution < 1.29 is 14.3 Å². The Balaban J connectivity index is 1.44. The second-order valence-corrected chi connectivity index (χ2v) is 6.05. The lowest BCUT2D eigenvalue weighted by Crippen LogP contribution is -2.48. The van der Waals surface area contributed by atoms with Crippen molar-refractivity contribution in [2.45, 2.75) is 6.42 Å². The third kappa shape index (κ3) is 3.26. The molecule has 2 aliphatic heterocycles. The Kier molecular flexibility index (Phi) is 3.97. The fourth-order valence-corrected chi connectivity index (χ4v) is 3.01. The second kappa shape index (κ2) is 6.43. The van der Waals surface area contributed by atoms with Crippen LogP contribution >= 0.6 is 0 Å². The summed E-state index contributed by atoms with van der Waals surface area (Å²) in [5.41, 5.74) is 2.28. The monoisotopic (exact) mass is 338 g/mol. The molecule has 1 fully saturated rings. The van der Waals surface area contributed by atoms with Crippen LogP contribution < -0.4 is 20.3 Å². The van der Waals surface area contributed by atoms with Crippen LogP contribution in [-0.2, 0) is 11.2 Å². The molecular formula is C18H18N4O3. The first-order valence-electron chi connectivity index (χ1n) is 8.24. The number of rotatable bonds is 3. The van der Waals surface area contributed by atoms with Gasteiger partial charge in [0.1, 0.15) is 11.6 Å². The van der Waals surface area contributed by atoms with Crippen molar-refractivity contribution in [2.24, 2.45) is 0 Å². The van der Waals surface area contributed by atoms with E-state index in [1.165, 1.54) is 0 Å². The van der Waals surface area contributed by atoms with Crippen molar-refractivity contribution in [3.8, 4) is 5.75 Å². The van der Waals surface area contributed by atoms with Gasteiger partial charge in [0.25, 0.3) is 5.91 Å². The number of nitrogens with zero attached hydrogens (tertiary/aromatic N) is 2. The maximum Gasteiger partial charge on any atom is 0.255 e. The molecule has 0 aliphatic carbocycles. The number of hydrogen-bond acceptors (Lipinski definition) is 5. The molecule has 0 saturated carbocycles. The summed E-state index contributed by atoms with van der Waals surface area (Å²) in [5.74, 6) is 1.39. The van der Waals surface area contributed by atoms with Crippen LogP contribution in [0.5, 0.6) is 5.75 Å². The van der Waals surface area contributed by atoms with Crippen LogP contribution in [0.15, 0.2) is 36.5 Å². The van der Waals surface area contributed by atoms with Gasteiger partial charge in [0.2, 0.25) is 5.91 Å². The zero-order valence-corrected chi connectivity index (χ0v) is 13.6. The Morgan fingerprint density at radius 3 is 3.00 bits per heavy atom. The first-order valence-corrected chi connectivity index (χ1v) is 8.24. The van der Waals surface area contributed by atoms with E-state index in [1.807, 2.05) is 23.1 Å². The summed E-state index contributed by atoms with van der Waals surface area (Å²) in [6.45, 7) is 2.30. The number of ether oxygens (including phenoxy) is 1. The standard InChI is InChI=1S/C18H18N4O3/c23-17-11-22(7-6-19-17)16-4-2-14(10-20-16)21-18(24)13-1-3-15-12(9-13)5-8-25-15/h1-4,9-10H,5-8,11H2,(H,19,23)(H,21,24). The lowest BCUT2D eigenvalue weighted by molar-refractivity contribution is -0.120. The molecule has 1 aromatic heterocycles.